The van der Waals surface area contributed by atoms with Crippen molar-refractivity contribution in [3.63, 3.8) is 0 Å². The van der Waals surface area contributed by atoms with Gasteiger partial charge in [-0.05, 0) is 49.9 Å². The lowest BCUT2D eigenvalue weighted by Gasteiger charge is -2.35. The number of amides is 2. The van der Waals surface area contributed by atoms with Gasteiger partial charge in [0.15, 0.2) is 0 Å². The molecule has 0 bridgehead atoms. The van der Waals surface area contributed by atoms with Crippen LogP contribution in [0.5, 0.6) is 0 Å². The highest BCUT2D eigenvalue weighted by molar-refractivity contribution is 5.95. The highest BCUT2D eigenvalue weighted by atomic mass is 16.5. The maximum Gasteiger partial charge on any atom is 0.338 e. The molecule has 1 fully saturated rings. The second-order valence-corrected chi connectivity index (χ2v) is 7.23. The molecule has 1 aromatic rings. The number of piperidine rings is 1. The van der Waals surface area contributed by atoms with Crippen molar-refractivity contribution in [1.29, 1.82) is 0 Å². The molecule has 0 aliphatic carbocycles. The van der Waals surface area contributed by atoms with Gasteiger partial charge in [-0.1, -0.05) is 31.2 Å². The van der Waals surface area contributed by atoms with Crippen LogP contribution in [0.15, 0.2) is 35.5 Å². The number of carbonyl (C=O) groups excluding carboxylic acids is 2. The molecule has 2 amide bonds. The van der Waals surface area contributed by atoms with Gasteiger partial charge in [0.05, 0.1) is 18.7 Å². The van der Waals surface area contributed by atoms with Gasteiger partial charge >= 0.3 is 12.0 Å². The molecule has 1 atom stereocenters. The predicted octanol–water partition coefficient (Wildman–Crippen LogP) is 2.51. The van der Waals surface area contributed by atoms with Gasteiger partial charge in [-0.3, -0.25) is 4.90 Å². The van der Waals surface area contributed by atoms with Crippen molar-refractivity contribution in [2.75, 3.05) is 26.7 Å². The van der Waals surface area contributed by atoms with Crippen molar-refractivity contribution >= 4 is 12.0 Å². The Kier molecular flexibility index (Phi) is 5.61. The number of nitrogens with one attached hydrogen (secondary N) is 2. The zero-order chi connectivity index (χ0) is 18.7. The molecule has 1 aromatic carbocycles. The van der Waals surface area contributed by atoms with E-state index in [1.807, 2.05) is 31.2 Å². The van der Waals surface area contributed by atoms with Crippen LogP contribution in [0.1, 0.15) is 36.9 Å². The van der Waals surface area contributed by atoms with Crippen LogP contribution in [0.4, 0.5) is 4.79 Å². The standard InChI is InChI=1S/C20H27N3O3/c1-13-8-10-23(11-9-13)12-16-17(19(24)26-3)18(22-20(25)21-16)15-7-5-4-6-14(15)2/h4-7,13,18H,8-12H2,1-3H3,(H2,21,22,25)/t18-/m1/s1. The number of nitrogens with zero attached hydrogens (tertiary/aromatic N) is 1. The van der Waals surface area contributed by atoms with Gasteiger partial charge in [0.25, 0.3) is 0 Å². The summed E-state index contributed by atoms with van der Waals surface area (Å²) in [7, 11) is 1.38. The molecule has 6 nitrogen and oxygen atoms in total. The molecule has 3 rings (SSSR count). The number of aryl methyl sites for hydroxylation is 1. The van der Waals surface area contributed by atoms with Crippen molar-refractivity contribution in [3.05, 3.63) is 46.7 Å². The lowest BCUT2D eigenvalue weighted by molar-refractivity contribution is -0.136. The van der Waals surface area contributed by atoms with Crippen molar-refractivity contribution < 1.29 is 14.3 Å². The number of hydrogen-bond acceptors (Lipinski definition) is 4. The Labute approximate surface area is 154 Å². The number of carbonyl (C=O) groups is 2. The first-order valence-electron chi connectivity index (χ1n) is 9.16. The van der Waals surface area contributed by atoms with Crippen LogP contribution in [0.3, 0.4) is 0 Å². The van der Waals surface area contributed by atoms with E-state index >= 15 is 0 Å². The summed E-state index contributed by atoms with van der Waals surface area (Å²) in [6.07, 6.45) is 2.27. The maximum absolute atomic E-state index is 12.6. The molecule has 26 heavy (non-hydrogen) atoms. The summed E-state index contributed by atoms with van der Waals surface area (Å²) in [5.74, 6) is 0.314. The van der Waals surface area contributed by atoms with E-state index in [4.69, 9.17) is 4.74 Å². The molecule has 2 N–H and O–H groups in total. The van der Waals surface area contributed by atoms with Crippen LogP contribution in [-0.2, 0) is 9.53 Å². The molecule has 0 unspecified atom stereocenters. The summed E-state index contributed by atoms with van der Waals surface area (Å²) in [4.78, 5) is 27.2. The van der Waals surface area contributed by atoms with Crippen LogP contribution >= 0.6 is 0 Å². The van der Waals surface area contributed by atoms with E-state index in [0.717, 1.165) is 43.0 Å². The predicted molar refractivity (Wildman–Crippen MR) is 99.5 cm³/mol. The van der Waals surface area contributed by atoms with E-state index < -0.39 is 12.0 Å². The van der Waals surface area contributed by atoms with Gasteiger partial charge in [0.2, 0.25) is 0 Å². The second kappa shape index (κ2) is 7.91. The average molecular weight is 357 g/mol. The van der Waals surface area contributed by atoms with E-state index in [1.54, 1.807) is 0 Å². The zero-order valence-corrected chi connectivity index (χ0v) is 15.7. The molecule has 2 aliphatic heterocycles. The van der Waals surface area contributed by atoms with Crippen LogP contribution in [0.2, 0.25) is 0 Å². The summed E-state index contributed by atoms with van der Waals surface area (Å²) >= 11 is 0. The highest BCUT2D eigenvalue weighted by Gasteiger charge is 2.34. The first-order valence-corrected chi connectivity index (χ1v) is 9.16. The van der Waals surface area contributed by atoms with Crippen LogP contribution in [0.25, 0.3) is 0 Å². The van der Waals surface area contributed by atoms with Gasteiger partial charge in [-0.25, -0.2) is 9.59 Å². The van der Waals surface area contributed by atoms with Gasteiger partial charge in [-0.2, -0.15) is 0 Å². The summed E-state index contributed by atoms with van der Waals surface area (Å²) in [6.45, 7) is 6.73. The Morgan fingerprint density at radius 2 is 1.96 bits per heavy atom. The summed E-state index contributed by atoms with van der Waals surface area (Å²) in [5, 5.41) is 5.73. The van der Waals surface area contributed by atoms with Crippen molar-refractivity contribution in [1.82, 2.24) is 15.5 Å². The minimum absolute atomic E-state index is 0.286. The van der Waals surface area contributed by atoms with Crippen LogP contribution < -0.4 is 10.6 Å². The Hall–Kier alpha value is -2.34. The van der Waals surface area contributed by atoms with Gasteiger partial charge in [0, 0.05) is 12.2 Å². The van der Waals surface area contributed by atoms with Crippen molar-refractivity contribution in [3.8, 4) is 0 Å². The minimum Gasteiger partial charge on any atom is -0.466 e. The highest BCUT2D eigenvalue weighted by Crippen LogP contribution is 2.30. The van der Waals surface area contributed by atoms with Crippen molar-refractivity contribution in [2.45, 2.75) is 32.7 Å². The molecular formula is C20H27N3O3. The SMILES string of the molecule is COC(=O)C1=C(CN2CCC(C)CC2)NC(=O)N[C@@H]1c1ccccc1C. The molecule has 1 saturated heterocycles. The number of hydrogen-bond donors (Lipinski definition) is 2. The molecule has 2 heterocycles. The lowest BCUT2D eigenvalue weighted by atomic mass is 9.91. The third kappa shape index (κ3) is 3.90. The van der Waals surface area contributed by atoms with Crippen LogP contribution in [0, 0.1) is 12.8 Å². The van der Waals surface area contributed by atoms with Gasteiger partial charge < -0.3 is 15.4 Å². The molecule has 0 radical (unpaired) electrons. The van der Waals surface area contributed by atoms with E-state index in [-0.39, 0.29) is 6.03 Å². The Morgan fingerprint density at radius 3 is 2.62 bits per heavy atom. The van der Waals surface area contributed by atoms with Gasteiger partial charge in [0.1, 0.15) is 0 Å². The quantitative estimate of drug-likeness (QED) is 0.813. The van der Waals surface area contributed by atoms with Crippen molar-refractivity contribution in [2.24, 2.45) is 5.92 Å². The largest absolute Gasteiger partial charge is 0.466 e. The number of benzene rings is 1. The number of urea groups is 1. The number of ether oxygens (including phenoxy) is 1. The molecule has 0 aromatic heterocycles. The second-order valence-electron chi connectivity index (χ2n) is 7.23. The lowest BCUT2D eigenvalue weighted by Crippen LogP contribution is -2.49. The van der Waals surface area contributed by atoms with E-state index in [2.05, 4.69) is 22.5 Å². The molecular weight excluding hydrogens is 330 g/mol. The fourth-order valence-corrected chi connectivity index (χ4v) is 3.68. The topological polar surface area (TPSA) is 70.7 Å². The normalized spacial score (nSPS) is 22.0. The van der Waals surface area contributed by atoms with E-state index in [1.165, 1.54) is 7.11 Å². The molecule has 6 heteroatoms. The first kappa shape index (κ1) is 18.5. The average Bonchev–Trinajstić information content (AvgIpc) is 2.63. The Balaban J connectivity index is 1.96. The third-order valence-electron chi connectivity index (χ3n) is 5.32. The zero-order valence-electron chi connectivity index (χ0n) is 15.7. The fourth-order valence-electron chi connectivity index (χ4n) is 3.68. The van der Waals surface area contributed by atoms with Crippen LogP contribution in [-0.4, -0.2) is 43.6 Å². The Morgan fingerprint density at radius 1 is 1.27 bits per heavy atom. The fraction of sp³-hybridized carbons (Fsp3) is 0.500. The number of methoxy groups -OCH3 is 1. The summed E-state index contributed by atoms with van der Waals surface area (Å²) in [5.41, 5.74) is 3.06. The first-order chi connectivity index (χ1) is 12.5. The third-order valence-corrected chi connectivity index (χ3v) is 5.32. The molecule has 0 spiro atoms. The number of rotatable bonds is 4. The maximum atomic E-state index is 12.6. The summed E-state index contributed by atoms with van der Waals surface area (Å²) in [6, 6.07) is 6.98. The molecule has 0 saturated carbocycles. The molecule has 140 valence electrons. The molecule has 2 aliphatic rings. The number of likely N-dealkylation sites (tertiary alicyclic amines) is 1. The smallest absolute Gasteiger partial charge is 0.338 e. The minimum atomic E-state index is -0.504. The Bertz CT molecular complexity index is 721. The monoisotopic (exact) mass is 357 g/mol. The van der Waals surface area contributed by atoms with E-state index in [9.17, 15) is 9.59 Å². The van der Waals surface area contributed by atoms with Gasteiger partial charge in [-0.15, -0.1) is 0 Å². The van der Waals surface area contributed by atoms with E-state index in [0.29, 0.717) is 17.8 Å². The summed E-state index contributed by atoms with van der Waals surface area (Å²) < 4.78 is 5.05. The number of esters is 1.